The van der Waals surface area contributed by atoms with E-state index in [4.69, 9.17) is 9.47 Å². The third-order valence-electron chi connectivity index (χ3n) is 2.05. The molecule has 1 saturated heterocycles. The van der Waals surface area contributed by atoms with E-state index in [1.54, 1.807) is 0 Å². The maximum Gasteiger partial charge on any atom is 0.186 e. The number of rotatable bonds is 2. The van der Waals surface area contributed by atoms with E-state index in [2.05, 4.69) is 15.9 Å². The van der Waals surface area contributed by atoms with Gasteiger partial charge in [-0.3, -0.25) is 0 Å². The first-order chi connectivity index (χ1) is 6.11. The summed E-state index contributed by atoms with van der Waals surface area (Å²) < 4.78 is 9.94. The Morgan fingerprint density at radius 1 is 1.23 bits per heavy atom. The van der Waals surface area contributed by atoms with E-state index in [-0.39, 0.29) is 0 Å². The van der Waals surface area contributed by atoms with E-state index in [9.17, 15) is 15.3 Å². The molecule has 1 fully saturated rings. The molecule has 1 unspecified atom stereocenters. The minimum atomic E-state index is -1.23. The molecule has 0 aromatic rings. The molecule has 0 aromatic heterocycles. The fraction of sp³-hybridized carbons (Fsp3) is 1.00. The van der Waals surface area contributed by atoms with E-state index in [1.807, 2.05) is 0 Å². The molecular formula is C7H13BrO5. The van der Waals surface area contributed by atoms with Gasteiger partial charge in [0.2, 0.25) is 0 Å². The predicted molar refractivity (Wildman–Crippen MR) is 47.5 cm³/mol. The van der Waals surface area contributed by atoms with Gasteiger partial charge in [-0.2, -0.15) is 0 Å². The fourth-order valence-electron chi connectivity index (χ4n) is 1.24. The van der Waals surface area contributed by atoms with Gasteiger partial charge in [0.15, 0.2) is 6.29 Å². The summed E-state index contributed by atoms with van der Waals surface area (Å²) >= 11 is 3.12. The smallest absolute Gasteiger partial charge is 0.186 e. The van der Waals surface area contributed by atoms with Gasteiger partial charge in [-0.05, 0) is 0 Å². The van der Waals surface area contributed by atoms with Gasteiger partial charge in [0.05, 0.1) is 6.10 Å². The number of ether oxygens (including phenoxy) is 2. The zero-order chi connectivity index (χ0) is 10.0. The Kier molecular flexibility index (Phi) is 4.08. The van der Waals surface area contributed by atoms with Crippen LogP contribution in [0.25, 0.3) is 0 Å². The minimum absolute atomic E-state index is 0.373. The van der Waals surface area contributed by atoms with Gasteiger partial charge >= 0.3 is 0 Å². The van der Waals surface area contributed by atoms with Crippen LogP contribution in [0.2, 0.25) is 0 Å². The Labute approximate surface area is 84.4 Å². The molecule has 3 N–H and O–H groups in total. The molecule has 78 valence electrons. The molecule has 1 heterocycles. The maximum absolute atomic E-state index is 9.40. The molecule has 5 nitrogen and oxygen atoms in total. The summed E-state index contributed by atoms with van der Waals surface area (Å²) in [6.07, 6.45) is -5.00. The van der Waals surface area contributed by atoms with Crippen LogP contribution in [0.3, 0.4) is 0 Å². The maximum atomic E-state index is 9.40. The molecule has 1 rings (SSSR count). The number of aliphatic hydroxyl groups is 3. The molecule has 0 aliphatic carbocycles. The average molecular weight is 257 g/mol. The molecule has 0 spiro atoms. The van der Waals surface area contributed by atoms with Crippen molar-refractivity contribution in [2.24, 2.45) is 0 Å². The van der Waals surface area contributed by atoms with Crippen molar-refractivity contribution >= 4 is 15.9 Å². The van der Waals surface area contributed by atoms with Crippen molar-refractivity contribution in [3.63, 3.8) is 0 Å². The predicted octanol–water partition coefficient (Wildman–Crippen LogP) is -1.16. The quantitative estimate of drug-likeness (QED) is 0.543. The van der Waals surface area contributed by atoms with Crippen molar-refractivity contribution in [2.45, 2.75) is 30.7 Å². The first kappa shape index (κ1) is 11.4. The van der Waals surface area contributed by atoms with Crippen LogP contribution >= 0.6 is 15.9 Å². The molecule has 13 heavy (non-hydrogen) atoms. The zero-order valence-electron chi connectivity index (χ0n) is 7.13. The van der Waals surface area contributed by atoms with Gasteiger partial charge in [0, 0.05) is 12.4 Å². The topological polar surface area (TPSA) is 79.2 Å². The Morgan fingerprint density at radius 3 is 2.31 bits per heavy atom. The van der Waals surface area contributed by atoms with Crippen molar-refractivity contribution in [3.8, 4) is 0 Å². The highest BCUT2D eigenvalue weighted by Gasteiger charge is 2.43. The van der Waals surface area contributed by atoms with E-state index < -0.39 is 30.7 Å². The second kappa shape index (κ2) is 4.68. The first-order valence-corrected chi connectivity index (χ1v) is 5.02. The van der Waals surface area contributed by atoms with Crippen LogP contribution in [0.15, 0.2) is 0 Å². The lowest BCUT2D eigenvalue weighted by Crippen LogP contribution is -2.58. The third-order valence-corrected chi connectivity index (χ3v) is 2.69. The summed E-state index contributed by atoms with van der Waals surface area (Å²) in [6, 6.07) is 0. The molecule has 1 aliphatic heterocycles. The SMILES string of the molecule is COC1O[C@H](CBr)[C@@H](O)[C@H](O)[C@H]1O. The normalized spacial score (nSPS) is 46.4. The number of hydrogen-bond donors (Lipinski definition) is 3. The van der Waals surface area contributed by atoms with Crippen LogP contribution in [0.1, 0.15) is 0 Å². The van der Waals surface area contributed by atoms with Gasteiger partial charge in [-0.25, -0.2) is 0 Å². The molecule has 5 atom stereocenters. The van der Waals surface area contributed by atoms with Crippen molar-refractivity contribution in [3.05, 3.63) is 0 Å². The summed E-state index contributed by atoms with van der Waals surface area (Å²) in [6.45, 7) is 0. The van der Waals surface area contributed by atoms with Crippen molar-refractivity contribution < 1.29 is 24.8 Å². The monoisotopic (exact) mass is 256 g/mol. The largest absolute Gasteiger partial charge is 0.388 e. The lowest BCUT2D eigenvalue weighted by Gasteiger charge is -2.39. The van der Waals surface area contributed by atoms with E-state index in [0.29, 0.717) is 5.33 Å². The molecule has 0 bridgehead atoms. The second-order valence-corrected chi connectivity index (χ2v) is 3.55. The number of methoxy groups -OCH3 is 1. The Balaban J connectivity index is 2.66. The molecular weight excluding hydrogens is 244 g/mol. The summed E-state index contributed by atoms with van der Waals surface area (Å²) in [5.41, 5.74) is 0. The van der Waals surface area contributed by atoms with Gasteiger partial charge in [0.25, 0.3) is 0 Å². The van der Waals surface area contributed by atoms with Gasteiger partial charge < -0.3 is 24.8 Å². The average Bonchev–Trinajstić information content (AvgIpc) is 2.15. The standard InChI is InChI=1S/C7H13BrO5/c1-12-7-6(11)5(10)4(9)3(2-8)13-7/h3-7,9-11H,2H2,1H3/t3-,4-,5+,6-,7?/m1/s1. The van der Waals surface area contributed by atoms with Crippen LogP contribution in [0.5, 0.6) is 0 Å². The highest BCUT2D eigenvalue weighted by atomic mass is 79.9. The molecule has 6 heteroatoms. The Bertz CT molecular complexity index is 147. The van der Waals surface area contributed by atoms with Gasteiger partial charge in [0.1, 0.15) is 18.3 Å². The Morgan fingerprint density at radius 2 is 1.85 bits per heavy atom. The zero-order valence-corrected chi connectivity index (χ0v) is 8.72. The third kappa shape index (κ3) is 2.20. The molecule has 0 amide bonds. The van der Waals surface area contributed by atoms with Gasteiger partial charge in [-0.1, -0.05) is 15.9 Å². The summed E-state index contributed by atoms with van der Waals surface area (Å²) in [4.78, 5) is 0. The van der Waals surface area contributed by atoms with Crippen LogP contribution in [-0.2, 0) is 9.47 Å². The van der Waals surface area contributed by atoms with Crippen molar-refractivity contribution in [1.82, 2.24) is 0 Å². The number of aliphatic hydroxyl groups excluding tert-OH is 3. The molecule has 0 radical (unpaired) electrons. The van der Waals surface area contributed by atoms with Crippen molar-refractivity contribution in [2.75, 3.05) is 12.4 Å². The van der Waals surface area contributed by atoms with E-state index in [0.717, 1.165) is 0 Å². The highest BCUT2D eigenvalue weighted by Crippen LogP contribution is 2.22. The molecule has 0 saturated carbocycles. The minimum Gasteiger partial charge on any atom is -0.388 e. The lowest BCUT2D eigenvalue weighted by atomic mass is 10.0. The van der Waals surface area contributed by atoms with Crippen molar-refractivity contribution in [1.29, 1.82) is 0 Å². The number of alkyl halides is 1. The van der Waals surface area contributed by atoms with E-state index in [1.165, 1.54) is 7.11 Å². The van der Waals surface area contributed by atoms with Crippen LogP contribution in [0.4, 0.5) is 0 Å². The summed E-state index contributed by atoms with van der Waals surface area (Å²) in [5, 5.41) is 28.5. The van der Waals surface area contributed by atoms with E-state index >= 15 is 0 Å². The van der Waals surface area contributed by atoms with Crippen LogP contribution in [0, 0.1) is 0 Å². The van der Waals surface area contributed by atoms with Gasteiger partial charge in [-0.15, -0.1) is 0 Å². The van der Waals surface area contributed by atoms with Crippen LogP contribution < -0.4 is 0 Å². The Hall–Kier alpha value is 0.280. The second-order valence-electron chi connectivity index (χ2n) is 2.90. The van der Waals surface area contributed by atoms with Crippen LogP contribution in [-0.4, -0.2) is 58.5 Å². The molecule has 1 aliphatic rings. The lowest BCUT2D eigenvalue weighted by molar-refractivity contribution is -0.284. The summed E-state index contributed by atoms with van der Waals surface area (Å²) in [7, 11) is 1.36. The highest BCUT2D eigenvalue weighted by molar-refractivity contribution is 9.09. The molecule has 0 aromatic carbocycles. The summed E-state index contributed by atoms with van der Waals surface area (Å²) in [5.74, 6) is 0. The number of halogens is 1. The number of hydrogen-bond acceptors (Lipinski definition) is 5. The fourth-order valence-corrected chi connectivity index (χ4v) is 1.77. The first-order valence-electron chi connectivity index (χ1n) is 3.90.